The van der Waals surface area contributed by atoms with E-state index in [9.17, 15) is 5.11 Å². The van der Waals surface area contributed by atoms with Crippen LogP contribution in [0.4, 0.5) is 5.69 Å². The lowest BCUT2D eigenvalue weighted by Crippen LogP contribution is -2.46. The summed E-state index contributed by atoms with van der Waals surface area (Å²) in [7, 11) is 3.98. The first-order valence-corrected chi connectivity index (χ1v) is 7.78. The van der Waals surface area contributed by atoms with E-state index in [-0.39, 0.29) is 0 Å². The maximum absolute atomic E-state index is 10.6. The molecule has 4 nitrogen and oxygen atoms in total. The van der Waals surface area contributed by atoms with Crippen molar-refractivity contribution >= 4 is 21.6 Å². The number of likely N-dealkylation sites (N-methyl/N-ethyl adjacent to an activating group) is 1. The molecule has 2 N–H and O–H groups in total. The summed E-state index contributed by atoms with van der Waals surface area (Å²) in [6.45, 7) is 2.73. The second-order valence-electron chi connectivity index (χ2n) is 5.50. The van der Waals surface area contributed by atoms with Crippen LogP contribution in [0.5, 0.6) is 0 Å². The SMILES string of the molecule is CNCc1cc(Br)ccc1N(C)CC1(O)CCOCC1. The van der Waals surface area contributed by atoms with Gasteiger partial charge in [0.05, 0.1) is 5.60 Å². The number of hydrogen-bond donors (Lipinski definition) is 2. The number of hydrogen-bond acceptors (Lipinski definition) is 4. The Morgan fingerprint density at radius 2 is 2.10 bits per heavy atom. The van der Waals surface area contributed by atoms with Crippen molar-refractivity contribution in [1.29, 1.82) is 0 Å². The zero-order chi connectivity index (χ0) is 14.6. The molecule has 0 spiro atoms. The average Bonchev–Trinajstić information content (AvgIpc) is 2.39. The molecule has 2 rings (SSSR count). The molecule has 112 valence electrons. The molecule has 1 heterocycles. The van der Waals surface area contributed by atoms with Crippen LogP contribution >= 0.6 is 15.9 Å². The van der Waals surface area contributed by atoms with Gasteiger partial charge in [0.15, 0.2) is 0 Å². The molecule has 0 radical (unpaired) electrons. The van der Waals surface area contributed by atoms with Crippen LogP contribution in [0.15, 0.2) is 22.7 Å². The van der Waals surface area contributed by atoms with Gasteiger partial charge < -0.3 is 20.1 Å². The molecular formula is C15H23BrN2O2. The molecular weight excluding hydrogens is 320 g/mol. The Morgan fingerprint density at radius 1 is 1.40 bits per heavy atom. The molecule has 1 aromatic rings. The first-order chi connectivity index (χ1) is 9.54. The second kappa shape index (κ2) is 6.89. The molecule has 0 aliphatic carbocycles. The van der Waals surface area contributed by atoms with Crippen LogP contribution in [-0.4, -0.2) is 44.6 Å². The van der Waals surface area contributed by atoms with Gasteiger partial charge in [0.25, 0.3) is 0 Å². The lowest BCUT2D eigenvalue weighted by Gasteiger charge is -2.36. The largest absolute Gasteiger partial charge is 0.388 e. The highest BCUT2D eigenvalue weighted by atomic mass is 79.9. The van der Waals surface area contributed by atoms with Crippen LogP contribution in [-0.2, 0) is 11.3 Å². The second-order valence-corrected chi connectivity index (χ2v) is 6.41. The Balaban J connectivity index is 2.13. The maximum Gasteiger partial charge on any atom is 0.0865 e. The van der Waals surface area contributed by atoms with E-state index in [2.05, 4.69) is 38.3 Å². The number of nitrogens with one attached hydrogen (secondary N) is 1. The van der Waals surface area contributed by atoms with Gasteiger partial charge in [0, 0.05) is 56.4 Å². The molecule has 20 heavy (non-hydrogen) atoms. The van der Waals surface area contributed by atoms with Crippen LogP contribution < -0.4 is 10.2 Å². The molecule has 0 amide bonds. The third-order valence-electron chi connectivity index (χ3n) is 3.78. The lowest BCUT2D eigenvalue weighted by atomic mass is 9.93. The molecule has 0 bridgehead atoms. The maximum atomic E-state index is 10.6. The lowest BCUT2D eigenvalue weighted by molar-refractivity contribution is -0.0572. The van der Waals surface area contributed by atoms with E-state index in [1.165, 1.54) is 5.56 Å². The van der Waals surface area contributed by atoms with Gasteiger partial charge in [-0.3, -0.25) is 0 Å². The summed E-state index contributed by atoms with van der Waals surface area (Å²) in [6, 6.07) is 6.26. The molecule has 1 fully saturated rings. The predicted molar refractivity (Wildman–Crippen MR) is 85.2 cm³/mol. The number of nitrogens with zero attached hydrogens (tertiary/aromatic N) is 1. The average molecular weight is 343 g/mol. The highest BCUT2D eigenvalue weighted by Crippen LogP contribution is 2.28. The van der Waals surface area contributed by atoms with Crippen molar-refractivity contribution in [2.75, 3.05) is 38.8 Å². The number of benzene rings is 1. The fourth-order valence-electron chi connectivity index (χ4n) is 2.69. The monoisotopic (exact) mass is 342 g/mol. The van der Waals surface area contributed by atoms with Crippen LogP contribution in [0.25, 0.3) is 0 Å². The standard InChI is InChI=1S/C15H23BrN2O2/c1-17-10-12-9-13(16)3-4-14(12)18(2)11-15(19)5-7-20-8-6-15/h3-4,9,17,19H,5-8,10-11H2,1-2H3. The van der Waals surface area contributed by atoms with Gasteiger partial charge in [-0.1, -0.05) is 15.9 Å². The fraction of sp³-hybridized carbons (Fsp3) is 0.600. The van der Waals surface area contributed by atoms with Crippen LogP contribution in [0.2, 0.25) is 0 Å². The molecule has 0 saturated carbocycles. The minimum Gasteiger partial charge on any atom is -0.388 e. The zero-order valence-corrected chi connectivity index (χ0v) is 13.7. The van der Waals surface area contributed by atoms with Crippen molar-refractivity contribution in [3.63, 3.8) is 0 Å². The zero-order valence-electron chi connectivity index (χ0n) is 12.2. The quantitative estimate of drug-likeness (QED) is 0.860. The number of halogens is 1. The van der Waals surface area contributed by atoms with E-state index in [0.717, 1.165) is 16.7 Å². The summed E-state index contributed by atoms with van der Waals surface area (Å²) in [4.78, 5) is 2.14. The van der Waals surface area contributed by atoms with Crippen molar-refractivity contribution in [3.8, 4) is 0 Å². The number of aliphatic hydroxyl groups is 1. The molecule has 0 unspecified atom stereocenters. The number of rotatable bonds is 5. The van der Waals surface area contributed by atoms with Crippen molar-refractivity contribution in [2.45, 2.75) is 25.0 Å². The Bertz CT molecular complexity index is 447. The Labute approximate surface area is 129 Å². The third kappa shape index (κ3) is 3.95. The van der Waals surface area contributed by atoms with Crippen molar-refractivity contribution < 1.29 is 9.84 Å². The third-order valence-corrected chi connectivity index (χ3v) is 4.27. The van der Waals surface area contributed by atoms with Crippen molar-refractivity contribution in [3.05, 3.63) is 28.2 Å². The van der Waals surface area contributed by atoms with Gasteiger partial charge in [0.1, 0.15) is 0 Å². The van der Waals surface area contributed by atoms with Gasteiger partial charge in [-0.05, 0) is 30.8 Å². The van der Waals surface area contributed by atoms with E-state index in [4.69, 9.17) is 4.74 Å². The summed E-state index contributed by atoms with van der Waals surface area (Å²) in [6.07, 6.45) is 1.41. The minimum atomic E-state index is -0.642. The smallest absolute Gasteiger partial charge is 0.0865 e. The summed E-state index contributed by atoms with van der Waals surface area (Å²) < 4.78 is 6.41. The Hall–Kier alpha value is -0.620. The van der Waals surface area contributed by atoms with Crippen LogP contribution in [0.1, 0.15) is 18.4 Å². The first kappa shape index (κ1) is 15.8. The van der Waals surface area contributed by atoms with E-state index in [0.29, 0.717) is 32.6 Å². The fourth-order valence-corrected chi connectivity index (χ4v) is 3.10. The highest BCUT2D eigenvalue weighted by Gasteiger charge is 2.31. The molecule has 1 saturated heterocycles. The van der Waals surface area contributed by atoms with Crippen LogP contribution in [0.3, 0.4) is 0 Å². The van der Waals surface area contributed by atoms with E-state index >= 15 is 0 Å². The normalized spacial score (nSPS) is 18.0. The summed E-state index contributed by atoms with van der Waals surface area (Å²) in [5.74, 6) is 0. The van der Waals surface area contributed by atoms with Gasteiger partial charge in [-0.2, -0.15) is 0 Å². The molecule has 1 aromatic carbocycles. The van der Waals surface area contributed by atoms with Gasteiger partial charge in [-0.25, -0.2) is 0 Å². The predicted octanol–water partition coefficient (Wildman–Crippen LogP) is 2.15. The topological polar surface area (TPSA) is 44.7 Å². The number of anilines is 1. The van der Waals surface area contributed by atoms with Gasteiger partial charge in [0.2, 0.25) is 0 Å². The summed E-state index contributed by atoms with van der Waals surface area (Å²) in [5, 5.41) is 13.8. The van der Waals surface area contributed by atoms with Crippen molar-refractivity contribution in [1.82, 2.24) is 5.32 Å². The van der Waals surface area contributed by atoms with Gasteiger partial charge in [-0.15, -0.1) is 0 Å². The Kier molecular flexibility index (Phi) is 5.43. The van der Waals surface area contributed by atoms with Crippen LogP contribution in [0, 0.1) is 0 Å². The van der Waals surface area contributed by atoms with E-state index < -0.39 is 5.60 Å². The van der Waals surface area contributed by atoms with Crippen molar-refractivity contribution in [2.24, 2.45) is 0 Å². The minimum absolute atomic E-state index is 0.634. The molecule has 5 heteroatoms. The van der Waals surface area contributed by atoms with E-state index in [1.807, 2.05) is 20.2 Å². The molecule has 0 aromatic heterocycles. The summed E-state index contributed by atoms with van der Waals surface area (Å²) >= 11 is 3.51. The number of ether oxygens (including phenoxy) is 1. The highest BCUT2D eigenvalue weighted by molar-refractivity contribution is 9.10. The molecule has 0 atom stereocenters. The van der Waals surface area contributed by atoms with E-state index in [1.54, 1.807) is 0 Å². The molecule has 1 aliphatic heterocycles. The summed E-state index contributed by atoms with van der Waals surface area (Å²) in [5.41, 5.74) is 1.74. The van der Waals surface area contributed by atoms with Gasteiger partial charge >= 0.3 is 0 Å². The Morgan fingerprint density at radius 3 is 2.75 bits per heavy atom. The molecule has 1 aliphatic rings. The first-order valence-electron chi connectivity index (χ1n) is 6.98.